The van der Waals surface area contributed by atoms with Gasteiger partial charge in [0.05, 0.1) is 11.7 Å². The van der Waals surface area contributed by atoms with Gasteiger partial charge in [-0.05, 0) is 31.0 Å². The minimum absolute atomic E-state index is 0.0800. The number of hydrogen-bond donors (Lipinski definition) is 1. The highest BCUT2D eigenvalue weighted by Crippen LogP contribution is 2.14. The Balaban J connectivity index is 1.76. The largest absolute Gasteiger partial charge is 0.452 e. The number of benzene rings is 1. The van der Waals surface area contributed by atoms with Crippen LogP contribution in [0.3, 0.4) is 0 Å². The summed E-state index contributed by atoms with van der Waals surface area (Å²) in [7, 11) is 3.78. The van der Waals surface area contributed by atoms with Crippen LogP contribution in [0.15, 0.2) is 24.3 Å². The van der Waals surface area contributed by atoms with Crippen molar-refractivity contribution >= 4 is 17.6 Å². The summed E-state index contributed by atoms with van der Waals surface area (Å²) in [4.78, 5) is 25.5. The van der Waals surface area contributed by atoms with Crippen molar-refractivity contribution in [3.63, 3.8) is 0 Å². The van der Waals surface area contributed by atoms with Gasteiger partial charge >= 0.3 is 5.97 Å². The van der Waals surface area contributed by atoms with Gasteiger partial charge in [-0.3, -0.25) is 4.79 Å². The molecule has 0 spiro atoms. The molecule has 0 unspecified atom stereocenters. The highest BCUT2D eigenvalue weighted by atomic mass is 16.5. The van der Waals surface area contributed by atoms with Crippen LogP contribution in [0.25, 0.3) is 0 Å². The number of ether oxygens (including phenoxy) is 2. The van der Waals surface area contributed by atoms with E-state index in [1.54, 1.807) is 18.2 Å². The van der Waals surface area contributed by atoms with E-state index in [1.165, 1.54) is 0 Å². The molecule has 1 aromatic carbocycles. The lowest BCUT2D eigenvalue weighted by Crippen LogP contribution is -2.34. The molecule has 0 saturated carbocycles. The SMILES string of the molecule is CN(C)c1cccc(C(=O)OCC(=O)NC[C@H]2CCCO2)c1. The molecule has 6 heteroatoms. The number of anilines is 1. The molecule has 1 N–H and O–H groups in total. The zero-order chi connectivity index (χ0) is 15.9. The summed E-state index contributed by atoms with van der Waals surface area (Å²) in [5, 5.41) is 2.71. The summed E-state index contributed by atoms with van der Waals surface area (Å²) >= 11 is 0. The fourth-order valence-electron chi connectivity index (χ4n) is 2.21. The molecule has 22 heavy (non-hydrogen) atoms. The summed E-state index contributed by atoms with van der Waals surface area (Å²) in [6, 6.07) is 7.07. The van der Waals surface area contributed by atoms with E-state index in [-0.39, 0.29) is 18.6 Å². The monoisotopic (exact) mass is 306 g/mol. The molecule has 1 heterocycles. The lowest BCUT2D eigenvalue weighted by Gasteiger charge is -2.13. The lowest BCUT2D eigenvalue weighted by atomic mass is 10.2. The minimum Gasteiger partial charge on any atom is -0.452 e. The molecule has 0 bridgehead atoms. The van der Waals surface area contributed by atoms with E-state index in [0.717, 1.165) is 25.1 Å². The summed E-state index contributed by atoms with van der Waals surface area (Å²) in [6.07, 6.45) is 2.06. The van der Waals surface area contributed by atoms with Crippen LogP contribution >= 0.6 is 0 Å². The van der Waals surface area contributed by atoms with Crippen molar-refractivity contribution in [2.24, 2.45) is 0 Å². The molecule has 0 aliphatic carbocycles. The van der Waals surface area contributed by atoms with Gasteiger partial charge in [-0.1, -0.05) is 6.07 Å². The molecule has 6 nitrogen and oxygen atoms in total. The lowest BCUT2D eigenvalue weighted by molar-refractivity contribution is -0.124. The number of nitrogens with zero attached hydrogens (tertiary/aromatic N) is 1. The van der Waals surface area contributed by atoms with Crippen LogP contribution in [0.2, 0.25) is 0 Å². The number of hydrogen-bond acceptors (Lipinski definition) is 5. The summed E-state index contributed by atoms with van der Waals surface area (Å²) in [5.41, 5.74) is 1.33. The Labute approximate surface area is 130 Å². The third-order valence-electron chi connectivity index (χ3n) is 3.48. The van der Waals surface area contributed by atoms with Gasteiger partial charge in [0.25, 0.3) is 5.91 Å². The van der Waals surface area contributed by atoms with E-state index in [1.807, 2.05) is 25.1 Å². The van der Waals surface area contributed by atoms with Crippen LogP contribution in [0.5, 0.6) is 0 Å². The van der Waals surface area contributed by atoms with Crippen molar-refractivity contribution in [3.05, 3.63) is 29.8 Å². The van der Waals surface area contributed by atoms with Crippen LogP contribution in [-0.2, 0) is 14.3 Å². The van der Waals surface area contributed by atoms with Crippen LogP contribution in [0.1, 0.15) is 23.2 Å². The van der Waals surface area contributed by atoms with Crippen molar-refractivity contribution in [2.45, 2.75) is 18.9 Å². The predicted octanol–water partition coefficient (Wildman–Crippen LogP) is 1.20. The van der Waals surface area contributed by atoms with Gasteiger partial charge in [0, 0.05) is 32.9 Å². The molecular weight excluding hydrogens is 284 g/mol. The first kappa shape index (κ1) is 16.3. The third-order valence-corrected chi connectivity index (χ3v) is 3.48. The van der Waals surface area contributed by atoms with Crippen LogP contribution in [0.4, 0.5) is 5.69 Å². The molecule has 1 atom stereocenters. The zero-order valence-corrected chi connectivity index (χ0v) is 13.0. The van der Waals surface area contributed by atoms with Gasteiger partial charge in [-0.15, -0.1) is 0 Å². The number of carbonyl (C=O) groups is 2. The molecule has 120 valence electrons. The van der Waals surface area contributed by atoms with Crippen molar-refractivity contribution in [1.82, 2.24) is 5.32 Å². The topological polar surface area (TPSA) is 67.9 Å². The number of carbonyl (C=O) groups excluding carboxylic acids is 2. The first-order valence-electron chi connectivity index (χ1n) is 7.39. The average molecular weight is 306 g/mol. The van der Waals surface area contributed by atoms with Crippen LogP contribution in [-0.4, -0.2) is 51.8 Å². The predicted molar refractivity (Wildman–Crippen MR) is 83.0 cm³/mol. The fraction of sp³-hybridized carbons (Fsp3) is 0.500. The third kappa shape index (κ3) is 4.73. The molecular formula is C16H22N2O4. The van der Waals surface area contributed by atoms with E-state index in [9.17, 15) is 9.59 Å². The molecule has 2 rings (SSSR count). The maximum Gasteiger partial charge on any atom is 0.338 e. The second-order valence-electron chi connectivity index (χ2n) is 5.46. The van der Waals surface area contributed by atoms with E-state index in [4.69, 9.17) is 9.47 Å². The Morgan fingerprint density at radius 3 is 2.91 bits per heavy atom. The van der Waals surface area contributed by atoms with E-state index >= 15 is 0 Å². The van der Waals surface area contributed by atoms with Crippen LogP contribution < -0.4 is 10.2 Å². The number of rotatable bonds is 6. The van der Waals surface area contributed by atoms with Gasteiger partial charge in [0.1, 0.15) is 0 Å². The Morgan fingerprint density at radius 2 is 2.23 bits per heavy atom. The van der Waals surface area contributed by atoms with Gasteiger partial charge in [0.15, 0.2) is 6.61 Å². The summed E-state index contributed by atoms with van der Waals surface area (Å²) < 4.78 is 10.4. The smallest absolute Gasteiger partial charge is 0.338 e. The van der Waals surface area contributed by atoms with Gasteiger partial charge in [0.2, 0.25) is 0 Å². The first-order chi connectivity index (χ1) is 10.6. The van der Waals surface area contributed by atoms with Gasteiger partial charge < -0.3 is 19.7 Å². The quantitative estimate of drug-likeness (QED) is 0.800. The van der Waals surface area contributed by atoms with Crippen molar-refractivity contribution < 1.29 is 19.1 Å². The molecule has 1 fully saturated rings. The normalized spacial score (nSPS) is 17.1. The Bertz CT molecular complexity index is 525. The zero-order valence-electron chi connectivity index (χ0n) is 13.0. The van der Waals surface area contributed by atoms with Crippen LogP contribution in [0, 0.1) is 0 Å². The minimum atomic E-state index is -0.504. The number of nitrogens with one attached hydrogen (secondary N) is 1. The van der Waals surface area contributed by atoms with E-state index in [2.05, 4.69) is 5.32 Å². The molecule has 1 amide bonds. The fourth-order valence-corrected chi connectivity index (χ4v) is 2.21. The van der Waals surface area contributed by atoms with E-state index < -0.39 is 5.97 Å². The maximum atomic E-state index is 11.9. The molecule has 1 aliphatic heterocycles. The second-order valence-corrected chi connectivity index (χ2v) is 5.46. The Hall–Kier alpha value is -2.08. The maximum absolute atomic E-state index is 11.9. The number of esters is 1. The second kappa shape index (κ2) is 7.79. The molecule has 0 aromatic heterocycles. The molecule has 0 radical (unpaired) electrons. The highest BCUT2D eigenvalue weighted by molar-refractivity contribution is 5.92. The molecule has 1 aromatic rings. The van der Waals surface area contributed by atoms with Gasteiger partial charge in [-0.2, -0.15) is 0 Å². The molecule has 1 aliphatic rings. The Morgan fingerprint density at radius 1 is 1.41 bits per heavy atom. The van der Waals surface area contributed by atoms with Gasteiger partial charge in [-0.25, -0.2) is 4.79 Å². The summed E-state index contributed by atoms with van der Waals surface area (Å²) in [6.45, 7) is 0.933. The standard InChI is InChI=1S/C16H22N2O4/c1-18(2)13-6-3-5-12(9-13)16(20)22-11-15(19)17-10-14-7-4-8-21-14/h3,5-6,9,14H,4,7-8,10-11H2,1-2H3,(H,17,19)/t14-/m1/s1. The van der Waals surface area contributed by atoms with Crippen molar-refractivity contribution in [1.29, 1.82) is 0 Å². The highest BCUT2D eigenvalue weighted by Gasteiger charge is 2.17. The first-order valence-corrected chi connectivity index (χ1v) is 7.39. The molecule has 1 saturated heterocycles. The van der Waals surface area contributed by atoms with Crippen molar-refractivity contribution in [3.8, 4) is 0 Å². The Kier molecular flexibility index (Phi) is 5.77. The van der Waals surface area contributed by atoms with E-state index in [0.29, 0.717) is 12.1 Å². The number of amides is 1. The average Bonchev–Trinajstić information content (AvgIpc) is 3.04. The summed E-state index contributed by atoms with van der Waals surface area (Å²) in [5.74, 6) is -0.816. The van der Waals surface area contributed by atoms with Crippen molar-refractivity contribution in [2.75, 3.05) is 38.8 Å².